The van der Waals surface area contributed by atoms with Crippen molar-refractivity contribution in [1.82, 2.24) is 29.0 Å². The molecular weight excluding hydrogens is 420 g/mol. The number of amides is 2. The van der Waals surface area contributed by atoms with E-state index in [0.29, 0.717) is 31.4 Å². The van der Waals surface area contributed by atoms with Gasteiger partial charge in [0.1, 0.15) is 11.3 Å². The van der Waals surface area contributed by atoms with Gasteiger partial charge in [0, 0.05) is 52.0 Å². The maximum atomic E-state index is 13.3. The molecule has 1 fully saturated rings. The van der Waals surface area contributed by atoms with Gasteiger partial charge < -0.3 is 15.5 Å². The average Bonchev–Trinajstić information content (AvgIpc) is 3.09. The first-order valence-corrected chi connectivity index (χ1v) is 10.9. The number of carbonyl (C=O) groups is 1. The molecule has 0 aromatic carbocycles. The number of piperidine rings is 1. The number of nitrogens with zero attached hydrogens (tertiary/aromatic N) is 7. The molecular formula is C23H26N8O2. The minimum Gasteiger partial charge on any atom is -0.363 e. The third-order valence-corrected chi connectivity index (χ3v) is 6.41. The first-order chi connectivity index (χ1) is 15.8. The van der Waals surface area contributed by atoms with E-state index < -0.39 is 6.03 Å². The highest BCUT2D eigenvalue weighted by Gasteiger charge is 2.27. The second kappa shape index (κ2) is 7.88. The van der Waals surface area contributed by atoms with E-state index in [9.17, 15) is 9.59 Å². The number of likely N-dealkylation sites (tertiary alicyclic amines) is 1. The van der Waals surface area contributed by atoms with E-state index in [4.69, 9.17) is 10.7 Å². The topological polar surface area (TPSA) is 115 Å². The largest absolute Gasteiger partial charge is 0.363 e. The van der Waals surface area contributed by atoms with Crippen LogP contribution in [0.3, 0.4) is 0 Å². The second-order valence-corrected chi connectivity index (χ2v) is 8.62. The molecule has 5 rings (SSSR count). The van der Waals surface area contributed by atoms with Gasteiger partial charge in [-0.3, -0.25) is 14.1 Å². The van der Waals surface area contributed by atoms with Crippen molar-refractivity contribution in [1.29, 1.82) is 0 Å². The molecule has 0 spiro atoms. The molecule has 2 amide bonds. The minimum absolute atomic E-state index is 0.0473. The molecule has 1 aliphatic rings. The van der Waals surface area contributed by atoms with Gasteiger partial charge in [-0.25, -0.2) is 19.6 Å². The molecule has 33 heavy (non-hydrogen) atoms. The molecule has 10 nitrogen and oxygen atoms in total. The lowest BCUT2D eigenvalue weighted by atomic mass is 10.0. The van der Waals surface area contributed by atoms with E-state index >= 15 is 0 Å². The lowest BCUT2D eigenvalue weighted by molar-refractivity contribution is 0.180. The highest BCUT2D eigenvalue weighted by molar-refractivity contribution is 6.00. The molecule has 170 valence electrons. The fourth-order valence-corrected chi connectivity index (χ4v) is 4.53. The van der Waals surface area contributed by atoms with E-state index in [2.05, 4.69) is 9.97 Å². The third kappa shape index (κ3) is 3.47. The number of primary amides is 1. The predicted octanol–water partition coefficient (Wildman–Crippen LogP) is 2.13. The number of pyridine rings is 3. The fourth-order valence-electron chi connectivity index (χ4n) is 4.53. The van der Waals surface area contributed by atoms with Crippen LogP contribution in [-0.4, -0.2) is 62.2 Å². The van der Waals surface area contributed by atoms with Gasteiger partial charge in [-0.15, -0.1) is 0 Å². The SMILES string of the molecule is CN(C)c1ccc(-c2ccc3ncc4c(c3n2)n(C2CCN(C(N)=O)CC2)c(=O)n4C)cn1. The van der Waals surface area contributed by atoms with Crippen LogP contribution in [0.4, 0.5) is 10.6 Å². The first-order valence-electron chi connectivity index (χ1n) is 10.9. The molecule has 0 unspecified atom stereocenters. The molecule has 0 aliphatic carbocycles. The van der Waals surface area contributed by atoms with Crippen molar-refractivity contribution in [3.63, 3.8) is 0 Å². The number of carbonyl (C=O) groups excluding carboxylic acids is 1. The summed E-state index contributed by atoms with van der Waals surface area (Å²) in [6, 6.07) is 7.31. The molecule has 0 bridgehead atoms. The number of urea groups is 1. The van der Waals surface area contributed by atoms with Gasteiger partial charge in [0.25, 0.3) is 0 Å². The molecule has 10 heteroatoms. The van der Waals surface area contributed by atoms with Crippen LogP contribution in [0.15, 0.2) is 41.5 Å². The van der Waals surface area contributed by atoms with Crippen LogP contribution in [0, 0.1) is 0 Å². The zero-order chi connectivity index (χ0) is 23.3. The van der Waals surface area contributed by atoms with Crippen LogP contribution in [0.25, 0.3) is 33.3 Å². The monoisotopic (exact) mass is 446 g/mol. The number of nitrogens with two attached hydrogens (primary N) is 1. The molecule has 4 aromatic rings. The number of rotatable bonds is 3. The second-order valence-electron chi connectivity index (χ2n) is 8.62. The molecule has 1 aliphatic heterocycles. The Balaban J connectivity index is 1.65. The van der Waals surface area contributed by atoms with Crippen LogP contribution in [0.5, 0.6) is 0 Å². The Kier molecular flexibility index (Phi) is 4.99. The van der Waals surface area contributed by atoms with E-state index in [1.165, 1.54) is 0 Å². The van der Waals surface area contributed by atoms with Crippen molar-refractivity contribution in [2.45, 2.75) is 18.9 Å². The molecule has 0 radical (unpaired) electrons. The van der Waals surface area contributed by atoms with Crippen molar-refractivity contribution in [2.24, 2.45) is 12.8 Å². The highest BCUT2D eigenvalue weighted by Crippen LogP contribution is 2.30. The zero-order valence-electron chi connectivity index (χ0n) is 18.9. The Hall–Kier alpha value is -3.95. The minimum atomic E-state index is -0.423. The van der Waals surface area contributed by atoms with E-state index in [1.54, 1.807) is 28.9 Å². The van der Waals surface area contributed by atoms with E-state index in [0.717, 1.165) is 33.6 Å². The summed E-state index contributed by atoms with van der Waals surface area (Å²) in [4.78, 5) is 42.3. The Morgan fingerprint density at radius 1 is 1.09 bits per heavy atom. The van der Waals surface area contributed by atoms with Gasteiger partial charge in [0.2, 0.25) is 0 Å². The normalized spacial score (nSPS) is 14.8. The zero-order valence-corrected chi connectivity index (χ0v) is 18.9. The van der Waals surface area contributed by atoms with Crippen LogP contribution in [-0.2, 0) is 7.05 Å². The van der Waals surface area contributed by atoms with Crippen molar-refractivity contribution in [3.05, 3.63) is 47.1 Å². The van der Waals surface area contributed by atoms with E-state index in [-0.39, 0.29) is 11.7 Å². The number of fused-ring (bicyclic) bond motifs is 3. The maximum absolute atomic E-state index is 13.3. The van der Waals surface area contributed by atoms with Crippen LogP contribution >= 0.6 is 0 Å². The summed E-state index contributed by atoms with van der Waals surface area (Å²) >= 11 is 0. The van der Waals surface area contributed by atoms with Crippen LogP contribution < -0.4 is 16.3 Å². The van der Waals surface area contributed by atoms with Crippen molar-refractivity contribution in [3.8, 4) is 11.3 Å². The van der Waals surface area contributed by atoms with Gasteiger partial charge >= 0.3 is 11.7 Å². The molecule has 2 N–H and O–H groups in total. The summed E-state index contributed by atoms with van der Waals surface area (Å²) in [7, 11) is 5.64. The molecule has 1 saturated heterocycles. The number of anilines is 1. The number of hydrogen-bond donors (Lipinski definition) is 1. The van der Waals surface area contributed by atoms with Crippen molar-refractivity contribution >= 4 is 33.9 Å². The smallest absolute Gasteiger partial charge is 0.329 e. The fraction of sp³-hybridized carbons (Fsp3) is 0.348. The van der Waals surface area contributed by atoms with Gasteiger partial charge in [0.15, 0.2) is 0 Å². The number of imidazole rings is 1. The Morgan fingerprint density at radius 3 is 2.48 bits per heavy atom. The highest BCUT2D eigenvalue weighted by atomic mass is 16.2. The molecule has 5 heterocycles. The van der Waals surface area contributed by atoms with Gasteiger partial charge in [-0.1, -0.05) is 0 Å². The molecule has 4 aromatic heterocycles. The third-order valence-electron chi connectivity index (χ3n) is 6.41. The van der Waals surface area contributed by atoms with Crippen molar-refractivity contribution < 1.29 is 4.79 Å². The number of hydrogen-bond acceptors (Lipinski definition) is 6. The Bertz CT molecular complexity index is 1410. The molecule has 0 atom stereocenters. The average molecular weight is 447 g/mol. The quantitative estimate of drug-likeness (QED) is 0.515. The summed E-state index contributed by atoms with van der Waals surface area (Å²) in [6.45, 7) is 1.04. The van der Waals surface area contributed by atoms with Gasteiger partial charge in [-0.05, 0) is 37.1 Å². The number of aryl methyl sites for hydroxylation is 1. The lowest BCUT2D eigenvalue weighted by Gasteiger charge is -2.31. The van der Waals surface area contributed by atoms with Gasteiger partial charge in [0.05, 0.1) is 28.4 Å². The predicted molar refractivity (Wildman–Crippen MR) is 127 cm³/mol. The summed E-state index contributed by atoms with van der Waals surface area (Å²) in [5.41, 5.74) is 9.88. The van der Waals surface area contributed by atoms with Crippen LogP contribution in [0.1, 0.15) is 18.9 Å². The summed E-state index contributed by atoms with van der Waals surface area (Å²) in [5, 5.41) is 0. The Labute approximate surface area is 190 Å². The van der Waals surface area contributed by atoms with Crippen molar-refractivity contribution in [2.75, 3.05) is 32.1 Å². The maximum Gasteiger partial charge on any atom is 0.329 e. The van der Waals surface area contributed by atoms with Gasteiger partial charge in [-0.2, -0.15) is 0 Å². The molecule has 0 saturated carbocycles. The summed E-state index contributed by atoms with van der Waals surface area (Å²) in [5.74, 6) is 0.864. The standard InChI is InChI=1S/C23H26N8O2/c1-28(2)19-7-4-14(12-26-19)16-5-6-17-20(27-16)21-18(13-25-17)29(3)23(33)31(21)15-8-10-30(11-9-15)22(24)32/h4-7,12-13,15H,8-11H2,1-3H3,(H2,24,32). The van der Waals surface area contributed by atoms with Crippen LogP contribution in [0.2, 0.25) is 0 Å². The van der Waals surface area contributed by atoms with E-state index in [1.807, 2.05) is 47.8 Å². The Morgan fingerprint density at radius 2 is 1.85 bits per heavy atom. The summed E-state index contributed by atoms with van der Waals surface area (Å²) in [6.07, 6.45) is 4.83. The number of aromatic nitrogens is 5. The lowest BCUT2D eigenvalue weighted by Crippen LogP contribution is -2.43. The first kappa shape index (κ1) is 20.9. The summed E-state index contributed by atoms with van der Waals surface area (Å²) < 4.78 is 3.44.